The molecule has 0 bridgehead atoms. The molecular formula is C16H26N4O. The molecule has 21 heavy (non-hydrogen) atoms. The van der Waals surface area contributed by atoms with Crippen LogP contribution in [0.15, 0.2) is 12.1 Å². The third kappa shape index (κ3) is 3.94. The van der Waals surface area contributed by atoms with Crippen molar-refractivity contribution in [1.29, 1.82) is 0 Å². The number of carbonyl (C=O) groups excluding carboxylic acids is 1. The Hall–Kier alpha value is -1.62. The number of aromatic nitrogens is 1. The Labute approximate surface area is 127 Å². The van der Waals surface area contributed by atoms with Gasteiger partial charge in [-0.3, -0.25) is 4.79 Å². The molecule has 1 aromatic heterocycles. The van der Waals surface area contributed by atoms with Crippen molar-refractivity contribution in [3.05, 3.63) is 23.4 Å². The van der Waals surface area contributed by atoms with Crippen LogP contribution in [0, 0.1) is 0 Å². The smallest absolute Gasteiger partial charge is 0.254 e. The van der Waals surface area contributed by atoms with E-state index in [4.69, 9.17) is 0 Å². The van der Waals surface area contributed by atoms with Gasteiger partial charge >= 0.3 is 0 Å². The summed E-state index contributed by atoms with van der Waals surface area (Å²) in [5, 5.41) is 3.05. The molecule has 1 N–H and O–H groups in total. The molecule has 0 aliphatic carbocycles. The lowest BCUT2D eigenvalue weighted by molar-refractivity contribution is 0.0762. The van der Waals surface area contributed by atoms with E-state index in [9.17, 15) is 4.79 Å². The number of rotatable bonds is 3. The van der Waals surface area contributed by atoms with Gasteiger partial charge in [-0.25, -0.2) is 4.98 Å². The van der Waals surface area contributed by atoms with Crippen LogP contribution >= 0.6 is 0 Å². The monoisotopic (exact) mass is 290 g/mol. The molecule has 1 aliphatic rings. The average molecular weight is 290 g/mol. The van der Waals surface area contributed by atoms with E-state index in [1.807, 2.05) is 24.1 Å². The number of hydrogen-bond donors (Lipinski definition) is 1. The Morgan fingerprint density at radius 3 is 2.67 bits per heavy atom. The fraction of sp³-hybridized carbons (Fsp3) is 0.625. The SMILES string of the molecule is CNc1cc(C(=O)N2CCCN(C)CC2)cc(C(C)C)n1. The van der Waals surface area contributed by atoms with Crippen molar-refractivity contribution < 1.29 is 4.79 Å². The average Bonchev–Trinajstić information content (AvgIpc) is 2.70. The number of carbonyl (C=O) groups is 1. The van der Waals surface area contributed by atoms with E-state index in [0.717, 1.165) is 49.7 Å². The molecule has 5 heteroatoms. The lowest BCUT2D eigenvalue weighted by atomic mass is 10.1. The zero-order valence-electron chi connectivity index (χ0n) is 13.5. The van der Waals surface area contributed by atoms with Crippen LogP contribution in [0.25, 0.3) is 0 Å². The van der Waals surface area contributed by atoms with Gasteiger partial charge < -0.3 is 15.1 Å². The predicted octanol–water partition coefficient (Wildman–Crippen LogP) is 2.02. The van der Waals surface area contributed by atoms with Gasteiger partial charge in [-0.15, -0.1) is 0 Å². The van der Waals surface area contributed by atoms with Crippen LogP contribution in [-0.2, 0) is 0 Å². The highest BCUT2D eigenvalue weighted by Gasteiger charge is 2.20. The van der Waals surface area contributed by atoms with Crippen LogP contribution in [0.1, 0.15) is 42.2 Å². The molecule has 1 amide bonds. The number of nitrogens with zero attached hydrogens (tertiary/aromatic N) is 3. The standard InChI is InChI=1S/C16H26N4O/c1-12(2)14-10-13(11-15(17-3)18-14)16(21)20-7-5-6-19(4)8-9-20/h10-12H,5-9H2,1-4H3,(H,17,18). The molecule has 0 aromatic carbocycles. The number of amides is 1. The molecule has 116 valence electrons. The normalized spacial score (nSPS) is 16.9. The topological polar surface area (TPSA) is 48.5 Å². The second-order valence-corrected chi connectivity index (χ2v) is 6.02. The maximum absolute atomic E-state index is 12.8. The number of nitrogens with one attached hydrogen (secondary N) is 1. The highest BCUT2D eigenvalue weighted by molar-refractivity contribution is 5.95. The molecule has 0 saturated carbocycles. The van der Waals surface area contributed by atoms with Crippen molar-refractivity contribution in [2.75, 3.05) is 45.6 Å². The van der Waals surface area contributed by atoms with Gasteiger partial charge in [-0.1, -0.05) is 13.8 Å². The van der Waals surface area contributed by atoms with E-state index >= 15 is 0 Å². The summed E-state index contributed by atoms with van der Waals surface area (Å²) in [7, 11) is 3.94. The Morgan fingerprint density at radius 1 is 1.24 bits per heavy atom. The van der Waals surface area contributed by atoms with Gasteiger partial charge in [-0.05, 0) is 38.1 Å². The van der Waals surface area contributed by atoms with Crippen LogP contribution in [0.5, 0.6) is 0 Å². The first-order valence-electron chi connectivity index (χ1n) is 7.69. The van der Waals surface area contributed by atoms with E-state index in [1.165, 1.54) is 0 Å². The summed E-state index contributed by atoms with van der Waals surface area (Å²) in [6.45, 7) is 7.81. The van der Waals surface area contributed by atoms with Crippen LogP contribution in [0.2, 0.25) is 0 Å². The second-order valence-electron chi connectivity index (χ2n) is 6.02. The first kappa shape index (κ1) is 15.8. The van der Waals surface area contributed by atoms with Crippen LogP contribution < -0.4 is 5.32 Å². The minimum absolute atomic E-state index is 0.117. The molecule has 1 aromatic rings. The highest BCUT2D eigenvalue weighted by atomic mass is 16.2. The zero-order chi connectivity index (χ0) is 15.4. The molecule has 2 rings (SSSR count). The summed E-state index contributed by atoms with van der Waals surface area (Å²) in [5.74, 6) is 1.18. The van der Waals surface area contributed by atoms with E-state index < -0.39 is 0 Å². The minimum Gasteiger partial charge on any atom is -0.373 e. The summed E-state index contributed by atoms with van der Waals surface area (Å²) in [6, 6.07) is 3.78. The largest absolute Gasteiger partial charge is 0.373 e. The first-order valence-corrected chi connectivity index (χ1v) is 7.69. The Balaban J connectivity index is 2.23. The Morgan fingerprint density at radius 2 is 2.00 bits per heavy atom. The molecule has 0 spiro atoms. The maximum atomic E-state index is 12.8. The van der Waals surface area contributed by atoms with Crippen molar-refractivity contribution in [1.82, 2.24) is 14.8 Å². The molecule has 2 heterocycles. The van der Waals surface area contributed by atoms with E-state index in [1.54, 1.807) is 0 Å². The molecule has 5 nitrogen and oxygen atoms in total. The van der Waals surface area contributed by atoms with Crippen molar-refractivity contribution >= 4 is 11.7 Å². The predicted molar refractivity (Wildman–Crippen MR) is 85.9 cm³/mol. The maximum Gasteiger partial charge on any atom is 0.254 e. The minimum atomic E-state index is 0.117. The molecule has 1 aliphatic heterocycles. The molecular weight excluding hydrogens is 264 g/mol. The van der Waals surface area contributed by atoms with E-state index in [2.05, 4.69) is 36.1 Å². The van der Waals surface area contributed by atoms with Gasteiger partial charge in [0, 0.05) is 37.9 Å². The fourth-order valence-corrected chi connectivity index (χ4v) is 2.53. The van der Waals surface area contributed by atoms with Gasteiger partial charge in [0.05, 0.1) is 0 Å². The molecule has 1 saturated heterocycles. The summed E-state index contributed by atoms with van der Waals surface area (Å²) >= 11 is 0. The van der Waals surface area contributed by atoms with Crippen molar-refractivity contribution in [2.24, 2.45) is 0 Å². The number of pyridine rings is 1. The quantitative estimate of drug-likeness (QED) is 0.925. The van der Waals surface area contributed by atoms with Crippen molar-refractivity contribution in [3.63, 3.8) is 0 Å². The highest BCUT2D eigenvalue weighted by Crippen LogP contribution is 2.19. The van der Waals surface area contributed by atoms with Gasteiger partial charge in [0.25, 0.3) is 5.91 Å². The molecule has 0 atom stereocenters. The van der Waals surface area contributed by atoms with Gasteiger partial charge in [0.15, 0.2) is 0 Å². The summed E-state index contributed by atoms with van der Waals surface area (Å²) < 4.78 is 0. The zero-order valence-corrected chi connectivity index (χ0v) is 13.5. The Kier molecular flexibility index (Phi) is 5.17. The van der Waals surface area contributed by atoms with E-state index in [-0.39, 0.29) is 5.91 Å². The molecule has 0 radical (unpaired) electrons. The number of anilines is 1. The van der Waals surface area contributed by atoms with Crippen LogP contribution in [0.3, 0.4) is 0 Å². The lowest BCUT2D eigenvalue weighted by Gasteiger charge is -2.21. The summed E-state index contributed by atoms with van der Waals surface area (Å²) in [5.41, 5.74) is 1.69. The van der Waals surface area contributed by atoms with Gasteiger partial charge in [0.2, 0.25) is 0 Å². The van der Waals surface area contributed by atoms with Crippen LogP contribution in [-0.4, -0.2) is 61.0 Å². The van der Waals surface area contributed by atoms with Crippen molar-refractivity contribution in [3.8, 4) is 0 Å². The Bertz CT molecular complexity index is 501. The lowest BCUT2D eigenvalue weighted by Crippen LogP contribution is -2.34. The second kappa shape index (κ2) is 6.89. The molecule has 0 unspecified atom stereocenters. The van der Waals surface area contributed by atoms with Gasteiger partial charge in [0.1, 0.15) is 5.82 Å². The summed E-state index contributed by atoms with van der Waals surface area (Å²) in [4.78, 5) is 21.5. The molecule has 1 fully saturated rings. The fourth-order valence-electron chi connectivity index (χ4n) is 2.53. The first-order chi connectivity index (χ1) is 10.0. The van der Waals surface area contributed by atoms with E-state index in [0.29, 0.717) is 5.92 Å². The van der Waals surface area contributed by atoms with Crippen LogP contribution in [0.4, 0.5) is 5.82 Å². The summed E-state index contributed by atoms with van der Waals surface area (Å²) in [6.07, 6.45) is 1.03. The third-order valence-corrected chi connectivity index (χ3v) is 3.95. The number of hydrogen-bond acceptors (Lipinski definition) is 4. The van der Waals surface area contributed by atoms with Crippen molar-refractivity contribution in [2.45, 2.75) is 26.2 Å². The number of likely N-dealkylation sites (N-methyl/N-ethyl adjacent to an activating group) is 1. The third-order valence-electron chi connectivity index (χ3n) is 3.95. The van der Waals surface area contributed by atoms with Gasteiger partial charge in [-0.2, -0.15) is 0 Å².